The molecule has 3 aliphatic rings. The minimum atomic E-state index is -1.96. The number of hydrogen-bond acceptors (Lipinski definition) is 7. The summed E-state index contributed by atoms with van der Waals surface area (Å²) in [5, 5.41) is 21.9. The molecule has 2 N–H and O–H groups in total. The third-order valence-corrected chi connectivity index (χ3v) is 8.11. The van der Waals surface area contributed by atoms with Crippen molar-refractivity contribution in [2.45, 2.75) is 64.5 Å². The zero-order valence-electron chi connectivity index (χ0n) is 20.7. The first-order valence-corrected chi connectivity index (χ1v) is 12.3. The second-order valence-electron chi connectivity index (χ2n) is 10.1. The average Bonchev–Trinajstić information content (AvgIpc) is 3.40. The molecule has 5 heterocycles. The van der Waals surface area contributed by atoms with E-state index in [2.05, 4.69) is 0 Å². The Kier molecular flexibility index (Phi) is 5.09. The number of aromatic nitrogens is 2. The summed E-state index contributed by atoms with van der Waals surface area (Å²) in [4.78, 5) is 45.1. The van der Waals surface area contributed by atoms with Gasteiger partial charge < -0.3 is 24.4 Å². The number of aliphatic hydroxyl groups is 2. The summed E-state index contributed by atoms with van der Waals surface area (Å²) in [7, 11) is 0. The summed E-state index contributed by atoms with van der Waals surface area (Å²) in [5.74, 6) is -1.62. The molecule has 0 unspecified atom stereocenters. The summed E-state index contributed by atoms with van der Waals surface area (Å²) >= 11 is 0. The van der Waals surface area contributed by atoms with Crippen LogP contribution in [0.25, 0.3) is 22.3 Å². The number of esters is 1. The fourth-order valence-electron chi connectivity index (χ4n) is 5.94. The monoisotopic (exact) mass is 507 g/mol. The largest absolute Gasteiger partial charge is 0.458 e. The number of carbonyl (C=O) groups excluding carboxylic acids is 2. The standard InChI is InChI=1S/C27H26FN3O6/c1-4-27(36)17-8-20-23-15(10-31(20)24(33)16(17)11-37-26(27)35)22(13(3)30-6-5-21(32)25(30)34)14-7-12(2)18(28)9-19(14)29-23/h7-9,13,21,32,36H,4-6,10-11H2,1-3H3/t13-,21+,27+/m1/s1. The number of fused-ring (bicyclic) bond motifs is 5. The highest BCUT2D eigenvalue weighted by Gasteiger charge is 2.46. The number of nitrogens with zero attached hydrogens (tertiary/aromatic N) is 3. The van der Waals surface area contributed by atoms with Gasteiger partial charge in [0.1, 0.15) is 18.5 Å². The minimum Gasteiger partial charge on any atom is -0.458 e. The quantitative estimate of drug-likeness (QED) is 0.408. The summed E-state index contributed by atoms with van der Waals surface area (Å²) < 4.78 is 21.3. The predicted molar refractivity (Wildman–Crippen MR) is 130 cm³/mol. The molecule has 192 valence electrons. The molecule has 0 saturated carbocycles. The molecular formula is C27H26FN3O6. The number of rotatable bonds is 3. The Morgan fingerprint density at radius 1 is 1.24 bits per heavy atom. The van der Waals surface area contributed by atoms with Crippen LogP contribution < -0.4 is 5.56 Å². The topological polar surface area (TPSA) is 122 Å². The molecular weight excluding hydrogens is 481 g/mol. The number of cyclic esters (lactones) is 1. The summed E-state index contributed by atoms with van der Waals surface area (Å²) in [6, 6.07) is 4.15. The van der Waals surface area contributed by atoms with Crippen molar-refractivity contribution in [2.24, 2.45) is 0 Å². The number of aryl methyl sites for hydroxylation is 1. The van der Waals surface area contributed by atoms with E-state index in [1.807, 2.05) is 6.92 Å². The van der Waals surface area contributed by atoms with E-state index in [1.165, 1.54) is 10.6 Å². The van der Waals surface area contributed by atoms with Crippen LogP contribution in [-0.4, -0.2) is 49.2 Å². The van der Waals surface area contributed by atoms with Crippen LogP contribution in [0.15, 0.2) is 23.0 Å². The fraction of sp³-hybridized carbons (Fsp3) is 0.407. The van der Waals surface area contributed by atoms with Crippen molar-refractivity contribution < 1.29 is 28.9 Å². The van der Waals surface area contributed by atoms with Crippen molar-refractivity contribution in [2.75, 3.05) is 6.54 Å². The zero-order chi connectivity index (χ0) is 26.4. The first kappa shape index (κ1) is 23.7. The van der Waals surface area contributed by atoms with Gasteiger partial charge in [0, 0.05) is 29.1 Å². The molecule has 3 aliphatic heterocycles. The average molecular weight is 508 g/mol. The normalized spacial score (nSPS) is 23.2. The lowest BCUT2D eigenvalue weighted by molar-refractivity contribution is -0.172. The maximum absolute atomic E-state index is 14.6. The summed E-state index contributed by atoms with van der Waals surface area (Å²) in [5.41, 5.74) is 1.09. The molecule has 0 aliphatic carbocycles. The smallest absolute Gasteiger partial charge is 0.343 e. The Hall–Kier alpha value is -3.63. The van der Waals surface area contributed by atoms with Gasteiger partial charge in [0.15, 0.2) is 5.60 Å². The van der Waals surface area contributed by atoms with E-state index in [1.54, 1.807) is 30.9 Å². The van der Waals surface area contributed by atoms with Gasteiger partial charge in [-0.1, -0.05) is 6.92 Å². The maximum atomic E-state index is 14.6. The second kappa shape index (κ2) is 7.93. The lowest BCUT2D eigenvalue weighted by Gasteiger charge is -2.31. The van der Waals surface area contributed by atoms with E-state index in [4.69, 9.17) is 9.72 Å². The highest BCUT2D eigenvalue weighted by Crippen LogP contribution is 2.43. The third kappa shape index (κ3) is 3.15. The molecule has 3 atom stereocenters. The van der Waals surface area contributed by atoms with Gasteiger partial charge in [-0.15, -0.1) is 0 Å². The number of hydrogen-bond donors (Lipinski definition) is 2. The van der Waals surface area contributed by atoms with Crippen LogP contribution >= 0.6 is 0 Å². The molecule has 1 fully saturated rings. The Labute approximate surface area is 211 Å². The molecule has 1 amide bonds. The van der Waals surface area contributed by atoms with E-state index in [0.717, 1.165) is 5.56 Å². The van der Waals surface area contributed by atoms with Crippen molar-refractivity contribution in [3.8, 4) is 11.4 Å². The highest BCUT2D eigenvalue weighted by atomic mass is 19.1. The number of pyridine rings is 2. The van der Waals surface area contributed by atoms with Crippen LogP contribution in [0.2, 0.25) is 0 Å². The first-order chi connectivity index (χ1) is 17.6. The molecule has 0 radical (unpaired) electrons. The fourth-order valence-corrected chi connectivity index (χ4v) is 5.94. The number of halogens is 1. The van der Waals surface area contributed by atoms with Crippen LogP contribution in [0.1, 0.15) is 60.5 Å². The van der Waals surface area contributed by atoms with Gasteiger partial charge in [0.25, 0.3) is 11.5 Å². The SMILES string of the molecule is CC[C@@]1(O)C(=O)OCc2c1cc1n(c2=O)Cc2c-1nc1cc(F)c(C)cc1c2[C@@H](C)N1CC[C@H](O)C1=O. The lowest BCUT2D eigenvalue weighted by Crippen LogP contribution is -2.44. The number of ether oxygens (including phenoxy) is 1. The van der Waals surface area contributed by atoms with E-state index in [0.29, 0.717) is 46.4 Å². The molecule has 3 aromatic rings. The van der Waals surface area contributed by atoms with E-state index in [9.17, 15) is 29.0 Å². The second-order valence-corrected chi connectivity index (χ2v) is 10.1. The maximum Gasteiger partial charge on any atom is 0.343 e. The molecule has 6 rings (SSSR count). The molecule has 0 spiro atoms. The van der Waals surface area contributed by atoms with Gasteiger partial charge in [-0.2, -0.15) is 0 Å². The highest BCUT2D eigenvalue weighted by molar-refractivity contribution is 5.91. The third-order valence-electron chi connectivity index (χ3n) is 8.11. The van der Waals surface area contributed by atoms with Crippen molar-refractivity contribution in [1.82, 2.24) is 14.5 Å². The number of carbonyl (C=O) groups is 2. The van der Waals surface area contributed by atoms with Crippen LogP contribution in [-0.2, 0) is 33.1 Å². The number of amides is 1. The van der Waals surface area contributed by atoms with E-state index >= 15 is 0 Å². The number of likely N-dealkylation sites (tertiary alicyclic amines) is 1. The van der Waals surface area contributed by atoms with Crippen molar-refractivity contribution in [3.05, 3.63) is 62.2 Å². The van der Waals surface area contributed by atoms with Gasteiger partial charge in [0.2, 0.25) is 0 Å². The Bertz CT molecular complexity index is 1600. The molecule has 1 aromatic carbocycles. The number of aliphatic hydroxyl groups excluding tert-OH is 1. The van der Waals surface area contributed by atoms with Crippen molar-refractivity contribution >= 4 is 22.8 Å². The Balaban J connectivity index is 1.64. The van der Waals surface area contributed by atoms with Gasteiger partial charge >= 0.3 is 5.97 Å². The Morgan fingerprint density at radius 3 is 2.68 bits per heavy atom. The molecule has 9 nitrogen and oxygen atoms in total. The van der Waals surface area contributed by atoms with E-state index < -0.39 is 35.1 Å². The van der Waals surface area contributed by atoms with Gasteiger partial charge in [-0.05, 0) is 49.9 Å². The van der Waals surface area contributed by atoms with Crippen LogP contribution in [0.4, 0.5) is 4.39 Å². The molecule has 0 bridgehead atoms. The van der Waals surface area contributed by atoms with Crippen LogP contribution in [0.5, 0.6) is 0 Å². The molecule has 1 saturated heterocycles. The van der Waals surface area contributed by atoms with Crippen molar-refractivity contribution in [1.29, 1.82) is 0 Å². The summed E-state index contributed by atoms with van der Waals surface area (Å²) in [6.07, 6.45) is -0.733. The predicted octanol–water partition coefficient (Wildman–Crippen LogP) is 2.18. The summed E-state index contributed by atoms with van der Waals surface area (Å²) in [6.45, 7) is 5.41. The van der Waals surface area contributed by atoms with Crippen LogP contribution in [0.3, 0.4) is 0 Å². The molecule has 37 heavy (non-hydrogen) atoms. The van der Waals surface area contributed by atoms with Gasteiger partial charge in [0.05, 0.1) is 35.1 Å². The lowest BCUT2D eigenvalue weighted by atomic mass is 9.86. The Morgan fingerprint density at radius 2 is 2.00 bits per heavy atom. The van der Waals surface area contributed by atoms with Crippen molar-refractivity contribution in [3.63, 3.8) is 0 Å². The minimum absolute atomic E-state index is 0.0197. The first-order valence-electron chi connectivity index (χ1n) is 12.3. The van der Waals surface area contributed by atoms with Crippen LogP contribution in [0, 0.1) is 12.7 Å². The molecule has 2 aromatic heterocycles. The molecule has 10 heteroatoms. The number of benzene rings is 1. The van der Waals surface area contributed by atoms with E-state index in [-0.39, 0.29) is 36.6 Å². The van der Waals surface area contributed by atoms with Gasteiger partial charge in [-0.25, -0.2) is 14.2 Å². The zero-order valence-corrected chi connectivity index (χ0v) is 20.7. The van der Waals surface area contributed by atoms with Gasteiger partial charge in [-0.3, -0.25) is 9.59 Å².